The molecule has 0 aliphatic heterocycles. The zero-order chi connectivity index (χ0) is 10.3. The van der Waals surface area contributed by atoms with Gasteiger partial charge in [0, 0.05) is 5.56 Å². The van der Waals surface area contributed by atoms with Crippen LogP contribution in [0.3, 0.4) is 0 Å². The number of carbonyl (C=O) groups excluding carboxylic acids is 1. The minimum atomic E-state index is -0.396. The molecular formula is C9H13ClN2O. The van der Waals surface area contributed by atoms with E-state index < -0.39 is 5.24 Å². The zero-order valence-electron chi connectivity index (χ0n) is 7.46. The van der Waals surface area contributed by atoms with Gasteiger partial charge in [0.1, 0.15) is 0 Å². The molecule has 0 radical (unpaired) electrons. The Kier molecular flexibility index (Phi) is 6.14. The summed E-state index contributed by atoms with van der Waals surface area (Å²) < 4.78 is 0. The van der Waals surface area contributed by atoms with Crippen molar-refractivity contribution in [1.82, 2.24) is 0 Å². The normalized spacial score (nSPS) is 8.62. The SMILES string of the molecule is CCc1ccc(C(=O)Cl)cc1.NN. The van der Waals surface area contributed by atoms with Crippen LogP contribution < -0.4 is 11.7 Å². The predicted molar refractivity (Wildman–Crippen MR) is 54.4 cm³/mol. The average molecular weight is 201 g/mol. The summed E-state index contributed by atoms with van der Waals surface area (Å²) in [5.74, 6) is 8.00. The molecule has 72 valence electrons. The maximum atomic E-state index is 10.6. The van der Waals surface area contributed by atoms with Crippen LogP contribution in [-0.2, 0) is 6.42 Å². The molecule has 0 saturated heterocycles. The molecule has 0 unspecified atom stereocenters. The van der Waals surface area contributed by atoms with Gasteiger partial charge in [-0.1, -0.05) is 19.1 Å². The van der Waals surface area contributed by atoms with Crippen LogP contribution in [0.2, 0.25) is 0 Å². The molecule has 0 amide bonds. The van der Waals surface area contributed by atoms with E-state index in [0.29, 0.717) is 5.56 Å². The molecule has 13 heavy (non-hydrogen) atoms. The number of hydrogen-bond acceptors (Lipinski definition) is 3. The van der Waals surface area contributed by atoms with E-state index in [0.717, 1.165) is 6.42 Å². The number of halogens is 1. The molecule has 0 atom stereocenters. The maximum absolute atomic E-state index is 10.6. The van der Waals surface area contributed by atoms with Gasteiger partial charge < -0.3 is 0 Å². The molecule has 3 nitrogen and oxygen atoms in total. The quantitative estimate of drug-likeness (QED) is 0.431. The van der Waals surface area contributed by atoms with Crippen molar-refractivity contribution in [2.75, 3.05) is 0 Å². The number of nitrogens with two attached hydrogens (primary N) is 2. The summed E-state index contributed by atoms with van der Waals surface area (Å²) in [5.41, 5.74) is 1.77. The Morgan fingerprint density at radius 2 is 1.77 bits per heavy atom. The second-order valence-corrected chi connectivity index (χ2v) is 2.67. The average Bonchev–Trinajstić information content (AvgIpc) is 2.21. The summed E-state index contributed by atoms with van der Waals surface area (Å²) in [6.45, 7) is 2.07. The van der Waals surface area contributed by atoms with Gasteiger partial charge in [0.15, 0.2) is 0 Å². The third kappa shape index (κ3) is 4.03. The topological polar surface area (TPSA) is 69.1 Å². The van der Waals surface area contributed by atoms with Gasteiger partial charge in [-0.25, -0.2) is 0 Å². The lowest BCUT2D eigenvalue weighted by Crippen LogP contribution is -2.02. The number of hydrogen-bond donors (Lipinski definition) is 2. The van der Waals surface area contributed by atoms with E-state index in [1.807, 2.05) is 12.1 Å². The molecule has 0 saturated carbocycles. The van der Waals surface area contributed by atoms with Crippen molar-refractivity contribution in [3.63, 3.8) is 0 Å². The molecule has 0 heterocycles. The Bertz CT molecular complexity index is 259. The lowest BCUT2D eigenvalue weighted by Gasteiger charge is -1.95. The molecule has 0 spiro atoms. The molecule has 0 fully saturated rings. The van der Waals surface area contributed by atoms with Gasteiger partial charge in [-0.05, 0) is 35.7 Å². The third-order valence-electron chi connectivity index (χ3n) is 1.59. The van der Waals surface area contributed by atoms with Crippen molar-refractivity contribution in [2.45, 2.75) is 13.3 Å². The number of benzene rings is 1. The van der Waals surface area contributed by atoms with Crippen molar-refractivity contribution in [1.29, 1.82) is 0 Å². The zero-order valence-corrected chi connectivity index (χ0v) is 8.21. The maximum Gasteiger partial charge on any atom is 0.252 e. The highest BCUT2D eigenvalue weighted by Crippen LogP contribution is 2.06. The van der Waals surface area contributed by atoms with Crippen LogP contribution in [0.5, 0.6) is 0 Å². The summed E-state index contributed by atoms with van der Waals surface area (Å²) in [4.78, 5) is 10.6. The first-order chi connectivity index (χ1) is 6.24. The lowest BCUT2D eigenvalue weighted by molar-refractivity contribution is 0.108. The lowest BCUT2D eigenvalue weighted by atomic mass is 10.1. The van der Waals surface area contributed by atoms with Crippen LogP contribution in [-0.4, -0.2) is 5.24 Å². The Balaban J connectivity index is 0.000000671. The molecule has 4 heteroatoms. The Morgan fingerprint density at radius 3 is 2.08 bits per heavy atom. The van der Waals surface area contributed by atoms with Gasteiger partial charge >= 0.3 is 0 Å². The number of hydrazine groups is 1. The molecule has 1 aromatic rings. The highest BCUT2D eigenvalue weighted by Gasteiger charge is 1.98. The van der Waals surface area contributed by atoms with E-state index in [9.17, 15) is 4.79 Å². The number of carbonyl (C=O) groups is 1. The number of aryl methyl sites for hydroxylation is 1. The van der Waals surface area contributed by atoms with Gasteiger partial charge in [-0.15, -0.1) is 0 Å². The van der Waals surface area contributed by atoms with Gasteiger partial charge in [0.05, 0.1) is 0 Å². The number of rotatable bonds is 2. The van der Waals surface area contributed by atoms with Gasteiger partial charge in [0.25, 0.3) is 5.24 Å². The fourth-order valence-electron chi connectivity index (χ4n) is 0.871. The Labute approximate surface area is 82.6 Å². The summed E-state index contributed by atoms with van der Waals surface area (Å²) >= 11 is 5.26. The second-order valence-electron chi connectivity index (χ2n) is 2.32. The van der Waals surface area contributed by atoms with E-state index in [1.54, 1.807) is 12.1 Å². The highest BCUT2D eigenvalue weighted by atomic mass is 35.5. The standard InChI is InChI=1S/C9H9ClO.H4N2/c1-2-7-3-5-8(6-4-7)9(10)11;1-2/h3-6H,2H2,1H3;1-2H2. The second kappa shape index (κ2) is 6.60. The fourth-order valence-corrected chi connectivity index (χ4v) is 0.997. The first kappa shape index (κ1) is 12.1. The van der Waals surface area contributed by atoms with Crippen LogP contribution in [0, 0.1) is 0 Å². The molecule has 1 aromatic carbocycles. The molecule has 0 bridgehead atoms. The van der Waals surface area contributed by atoms with Gasteiger partial charge in [-0.2, -0.15) is 0 Å². The van der Waals surface area contributed by atoms with Crippen LogP contribution in [0.15, 0.2) is 24.3 Å². The third-order valence-corrected chi connectivity index (χ3v) is 1.81. The summed E-state index contributed by atoms with van der Waals surface area (Å²) in [6.07, 6.45) is 0.983. The van der Waals surface area contributed by atoms with E-state index in [4.69, 9.17) is 11.6 Å². The molecule has 0 aromatic heterocycles. The van der Waals surface area contributed by atoms with Crippen LogP contribution >= 0.6 is 11.6 Å². The molecule has 4 N–H and O–H groups in total. The van der Waals surface area contributed by atoms with E-state index >= 15 is 0 Å². The fraction of sp³-hybridized carbons (Fsp3) is 0.222. The van der Waals surface area contributed by atoms with Crippen molar-refractivity contribution in [2.24, 2.45) is 11.7 Å². The highest BCUT2D eigenvalue weighted by molar-refractivity contribution is 6.67. The largest absolute Gasteiger partial charge is 0.276 e. The van der Waals surface area contributed by atoms with Crippen molar-refractivity contribution in [3.05, 3.63) is 35.4 Å². The predicted octanol–water partition coefficient (Wildman–Crippen LogP) is 1.45. The summed E-state index contributed by atoms with van der Waals surface area (Å²) in [5, 5.41) is -0.396. The smallest absolute Gasteiger partial charge is 0.252 e. The van der Waals surface area contributed by atoms with E-state index in [2.05, 4.69) is 18.6 Å². The van der Waals surface area contributed by atoms with Gasteiger partial charge in [-0.3, -0.25) is 16.5 Å². The Hall–Kier alpha value is -0.900. The minimum Gasteiger partial charge on any atom is -0.276 e. The molecule has 0 aliphatic carbocycles. The van der Waals surface area contributed by atoms with Crippen LogP contribution in [0.1, 0.15) is 22.8 Å². The van der Waals surface area contributed by atoms with Gasteiger partial charge in [0.2, 0.25) is 0 Å². The van der Waals surface area contributed by atoms with Crippen molar-refractivity contribution in [3.8, 4) is 0 Å². The monoisotopic (exact) mass is 200 g/mol. The molecular weight excluding hydrogens is 188 g/mol. The first-order valence-electron chi connectivity index (χ1n) is 3.86. The van der Waals surface area contributed by atoms with Crippen molar-refractivity contribution < 1.29 is 4.79 Å². The Morgan fingerprint density at radius 1 is 1.31 bits per heavy atom. The van der Waals surface area contributed by atoms with Crippen LogP contribution in [0.25, 0.3) is 0 Å². The molecule has 0 aliphatic rings. The van der Waals surface area contributed by atoms with Crippen LogP contribution in [0.4, 0.5) is 0 Å². The molecule has 1 rings (SSSR count). The first-order valence-corrected chi connectivity index (χ1v) is 4.24. The van der Waals surface area contributed by atoms with E-state index in [-0.39, 0.29) is 0 Å². The minimum absolute atomic E-state index is 0.396. The summed E-state index contributed by atoms with van der Waals surface area (Å²) in [6, 6.07) is 7.31. The summed E-state index contributed by atoms with van der Waals surface area (Å²) in [7, 11) is 0. The van der Waals surface area contributed by atoms with Crippen molar-refractivity contribution >= 4 is 16.8 Å². The van der Waals surface area contributed by atoms with E-state index in [1.165, 1.54) is 5.56 Å².